The summed E-state index contributed by atoms with van der Waals surface area (Å²) in [6, 6.07) is 18.1. The molecule has 0 aromatic heterocycles. The van der Waals surface area contributed by atoms with Gasteiger partial charge in [0.25, 0.3) is 5.91 Å². The molecule has 0 fully saturated rings. The maximum Gasteiger partial charge on any atom is 0.416 e. The van der Waals surface area contributed by atoms with Gasteiger partial charge in [-0.05, 0) is 53.1 Å². The first-order valence-corrected chi connectivity index (χ1v) is 11.7. The molecule has 3 aromatic rings. The van der Waals surface area contributed by atoms with Crippen molar-refractivity contribution in [3.05, 3.63) is 107 Å². The third-order valence-electron chi connectivity index (χ3n) is 5.89. The van der Waals surface area contributed by atoms with Crippen LogP contribution in [0.4, 0.5) is 24.5 Å². The quantitative estimate of drug-likeness (QED) is 0.289. The molecule has 0 bridgehead atoms. The number of carbonyl (C=O) groups excluding carboxylic acids is 2. The number of ether oxygens (including phenoxy) is 1. The molecule has 2 amide bonds. The molecule has 198 valence electrons. The number of nitriles is 1. The molecule has 0 saturated carbocycles. The number of allylic oxidation sites excluding steroid dienone is 2. The summed E-state index contributed by atoms with van der Waals surface area (Å²) in [4.78, 5) is 24.4. The number of alkyl halides is 3. The Morgan fingerprint density at radius 2 is 1.77 bits per heavy atom. The highest BCUT2D eigenvalue weighted by Crippen LogP contribution is 2.32. The van der Waals surface area contributed by atoms with Gasteiger partial charge in [-0.3, -0.25) is 9.59 Å². The van der Waals surface area contributed by atoms with Gasteiger partial charge in [0.1, 0.15) is 17.9 Å². The second-order valence-corrected chi connectivity index (χ2v) is 8.52. The average molecular weight is 534 g/mol. The maximum absolute atomic E-state index is 13.1. The molecule has 10 heteroatoms. The van der Waals surface area contributed by atoms with Gasteiger partial charge in [-0.1, -0.05) is 42.5 Å². The fourth-order valence-corrected chi connectivity index (χ4v) is 3.99. The average Bonchev–Trinajstić information content (AvgIpc) is 2.91. The molecule has 1 aliphatic rings. The second-order valence-electron chi connectivity index (χ2n) is 8.52. The fraction of sp³-hybridized carbons (Fsp3) is 0.138. The Bertz CT molecular complexity index is 1470. The molecule has 0 radical (unpaired) electrons. The van der Waals surface area contributed by atoms with E-state index in [4.69, 9.17) is 10.00 Å². The molecule has 1 aliphatic heterocycles. The number of nitrogens with zero attached hydrogens (tertiary/aromatic N) is 1. The Balaban J connectivity index is 1.59. The molecule has 0 saturated heterocycles. The van der Waals surface area contributed by atoms with Gasteiger partial charge >= 0.3 is 6.18 Å². The monoisotopic (exact) mass is 533 g/mol. The number of fused-ring (bicyclic) bond motifs is 1. The van der Waals surface area contributed by atoms with Gasteiger partial charge in [-0.2, -0.15) is 18.4 Å². The maximum atomic E-state index is 13.1. The molecule has 7 nitrogen and oxygen atoms in total. The number of carbonyl (C=O) groups is 2. The van der Waals surface area contributed by atoms with E-state index < -0.39 is 29.7 Å². The van der Waals surface area contributed by atoms with E-state index in [1.54, 1.807) is 48.5 Å². The summed E-state index contributed by atoms with van der Waals surface area (Å²) in [5.41, 5.74) is 2.41. The van der Waals surface area contributed by atoms with Crippen LogP contribution in [0.15, 0.2) is 85.0 Å². The number of rotatable bonds is 7. The normalized spacial score (nSPS) is 15.3. The van der Waals surface area contributed by atoms with Crippen molar-refractivity contribution < 1.29 is 32.6 Å². The minimum atomic E-state index is -4.48. The van der Waals surface area contributed by atoms with Crippen LogP contribution in [0.25, 0.3) is 5.57 Å². The number of aliphatic hydroxyl groups is 1. The van der Waals surface area contributed by atoms with E-state index in [0.717, 1.165) is 12.1 Å². The van der Waals surface area contributed by atoms with Gasteiger partial charge in [0, 0.05) is 29.4 Å². The zero-order valence-electron chi connectivity index (χ0n) is 20.3. The first-order valence-electron chi connectivity index (χ1n) is 11.7. The zero-order chi connectivity index (χ0) is 28.0. The minimum Gasteiger partial charge on any atom is -0.479 e. The summed E-state index contributed by atoms with van der Waals surface area (Å²) < 4.78 is 44.5. The van der Waals surface area contributed by atoms with Crippen molar-refractivity contribution in [2.24, 2.45) is 0 Å². The highest BCUT2D eigenvalue weighted by atomic mass is 19.4. The SMILES string of the molecule is N#CCOc1ccc(/C(=C/C=C/C(=O)Nc2cccc3c2CC(O)C(=O)N3)c2ccc(C(F)(F)F)cc2)cc1. The number of anilines is 2. The van der Waals surface area contributed by atoms with Gasteiger partial charge in [-0.25, -0.2) is 0 Å². The second kappa shape index (κ2) is 11.7. The summed E-state index contributed by atoms with van der Waals surface area (Å²) in [6.45, 7) is -0.130. The van der Waals surface area contributed by atoms with E-state index >= 15 is 0 Å². The van der Waals surface area contributed by atoms with Crippen LogP contribution in [0, 0.1) is 11.3 Å². The van der Waals surface area contributed by atoms with E-state index in [0.29, 0.717) is 39.4 Å². The third kappa shape index (κ3) is 6.71. The van der Waals surface area contributed by atoms with E-state index in [-0.39, 0.29) is 13.0 Å². The van der Waals surface area contributed by atoms with Crippen molar-refractivity contribution in [3.8, 4) is 11.8 Å². The van der Waals surface area contributed by atoms with Crippen molar-refractivity contribution in [1.29, 1.82) is 5.26 Å². The number of benzene rings is 3. The van der Waals surface area contributed by atoms with E-state index in [2.05, 4.69) is 10.6 Å². The van der Waals surface area contributed by atoms with Crippen LogP contribution >= 0.6 is 0 Å². The summed E-state index contributed by atoms with van der Waals surface area (Å²) in [5.74, 6) is -0.552. The number of hydrogen-bond donors (Lipinski definition) is 3. The van der Waals surface area contributed by atoms with Gasteiger partial charge in [0.05, 0.1) is 5.56 Å². The van der Waals surface area contributed by atoms with Crippen molar-refractivity contribution in [3.63, 3.8) is 0 Å². The minimum absolute atomic E-state index is 0.0490. The number of halogens is 3. The van der Waals surface area contributed by atoms with Gasteiger partial charge in [0.2, 0.25) is 5.91 Å². The predicted octanol–water partition coefficient (Wildman–Crippen LogP) is 5.09. The summed E-state index contributed by atoms with van der Waals surface area (Å²) in [5, 5.41) is 23.9. The van der Waals surface area contributed by atoms with Crippen molar-refractivity contribution in [2.45, 2.75) is 18.7 Å². The first kappa shape index (κ1) is 27.2. The van der Waals surface area contributed by atoms with Crippen LogP contribution in [-0.2, 0) is 22.2 Å². The van der Waals surface area contributed by atoms with Crippen LogP contribution in [0.5, 0.6) is 5.75 Å². The molecular weight excluding hydrogens is 511 g/mol. The number of amides is 2. The Morgan fingerprint density at radius 3 is 2.41 bits per heavy atom. The van der Waals surface area contributed by atoms with Crippen LogP contribution in [0.3, 0.4) is 0 Å². The Labute approximate surface area is 221 Å². The topological polar surface area (TPSA) is 111 Å². The highest BCUT2D eigenvalue weighted by molar-refractivity contribution is 6.03. The fourth-order valence-electron chi connectivity index (χ4n) is 3.99. The Kier molecular flexibility index (Phi) is 8.13. The van der Waals surface area contributed by atoms with E-state index in [1.807, 2.05) is 6.07 Å². The molecule has 3 N–H and O–H groups in total. The molecule has 1 atom stereocenters. The van der Waals surface area contributed by atoms with Crippen molar-refractivity contribution >= 4 is 28.8 Å². The lowest BCUT2D eigenvalue weighted by atomic mass is 9.96. The third-order valence-corrected chi connectivity index (χ3v) is 5.89. The van der Waals surface area contributed by atoms with Crippen LogP contribution in [-0.4, -0.2) is 29.6 Å². The number of hydrogen-bond acceptors (Lipinski definition) is 5. The molecular formula is C29H22F3N3O4. The standard InChI is InChI=1S/C29H22F3N3O4/c30-29(31,32)20-11-7-18(8-12-20)22(19-9-13-21(14-10-19)39-16-15-33)3-1-6-27(37)34-24-4-2-5-25-23(24)17-26(36)28(38)35-25/h1-14,26,36H,16-17H2,(H,34,37)(H,35,38)/b6-1+,22-3+. The lowest BCUT2D eigenvalue weighted by molar-refractivity contribution is -0.137. The summed E-state index contributed by atoms with van der Waals surface area (Å²) >= 11 is 0. The lowest BCUT2D eigenvalue weighted by Crippen LogP contribution is -2.34. The largest absolute Gasteiger partial charge is 0.479 e. The Hall–Kier alpha value is -4.88. The van der Waals surface area contributed by atoms with Crippen LogP contribution in [0.2, 0.25) is 0 Å². The highest BCUT2D eigenvalue weighted by Gasteiger charge is 2.30. The number of aliphatic hydroxyl groups excluding tert-OH is 1. The van der Waals surface area contributed by atoms with Gasteiger partial charge in [0.15, 0.2) is 6.61 Å². The molecule has 39 heavy (non-hydrogen) atoms. The van der Waals surface area contributed by atoms with Crippen LogP contribution < -0.4 is 15.4 Å². The summed E-state index contributed by atoms with van der Waals surface area (Å²) in [7, 11) is 0. The Morgan fingerprint density at radius 1 is 1.10 bits per heavy atom. The van der Waals surface area contributed by atoms with E-state index in [9.17, 15) is 27.9 Å². The molecule has 1 unspecified atom stereocenters. The predicted molar refractivity (Wildman–Crippen MR) is 139 cm³/mol. The zero-order valence-corrected chi connectivity index (χ0v) is 20.3. The van der Waals surface area contributed by atoms with Crippen molar-refractivity contribution in [2.75, 3.05) is 17.2 Å². The van der Waals surface area contributed by atoms with Gasteiger partial charge in [-0.15, -0.1) is 0 Å². The summed E-state index contributed by atoms with van der Waals surface area (Å²) in [6.07, 6.45) is -1.34. The molecule has 4 rings (SSSR count). The molecule has 0 aliphatic carbocycles. The smallest absolute Gasteiger partial charge is 0.416 e. The van der Waals surface area contributed by atoms with Gasteiger partial charge < -0.3 is 20.5 Å². The first-order chi connectivity index (χ1) is 18.7. The van der Waals surface area contributed by atoms with Crippen molar-refractivity contribution in [1.82, 2.24) is 0 Å². The van der Waals surface area contributed by atoms with Crippen LogP contribution in [0.1, 0.15) is 22.3 Å². The molecule has 0 spiro atoms. The molecule has 3 aromatic carbocycles. The number of nitrogens with one attached hydrogen (secondary N) is 2. The molecule has 1 heterocycles. The lowest BCUT2D eigenvalue weighted by Gasteiger charge is -2.23. The van der Waals surface area contributed by atoms with E-state index in [1.165, 1.54) is 24.3 Å².